The Morgan fingerprint density at radius 2 is 1.67 bits per heavy atom. The summed E-state index contributed by atoms with van der Waals surface area (Å²) >= 11 is 0. The zero-order valence-electron chi connectivity index (χ0n) is 16.8. The van der Waals surface area contributed by atoms with Crippen LogP contribution in [0.4, 0.5) is 17.1 Å². The highest BCUT2D eigenvalue weighted by molar-refractivity contribution is 6.07. The number of carbonyl (C=O) groups excluding carboxylic acids is 2. The molecule has 0 saturated carbocycles. The first-order chi connectivity index (χ1) is 14.6. The molecule has 1 aromatic heterocycles. The molecular weight excluding hydrogens is 376 g/mol. The first-order valence-corrected chi connectivity index (χ1v) is 10.1. The minimum atomic E-state index is -0.271. The third kappa shape index (κ3) is 4.66. The highest BCUT2D eigenvalue weighted by Gasteiger charge is 2.18. The predicted octanol–water partition coefficient (Wildman–Crippen LogP) is 4.43. The molecule has 1 aliphatic heterocycles. The topological polar surface area (TPSA) is 74.3 Å². The lowest BCUT2D eigenvalue weighted by atomic mass is 10.1. The van der Waals surface area contributed by atoms with Gasteiger partial charge in [-0.3, -0.25) is 14.6 Å². The first-order valence-electron chi connectivity index (χ1n) is 10.1. The average molecular weight is 400 g/mol. The van der Waals surface area contributed by atoms with Crippen LogP contribution in [-0.4, -0.2) is 29.9 Å². The van der Waals surface area contributed by atoms with Gasteiger partial charge in [0.2, 0.25) is 0 Å². The zero-order valence-corrected chi connectivity index (χ0v) is 16.8. The maximum absolute atomic E-state index is 12.7. The number of nitrogens with one attached hydrogen (secondary N) is 2. The van der Waals surface area contributed by atoms with E-state index in [1.54, 1.807) is 42.6 Å². The van der Waals surface area contributed by atoms with Crippen molar-refractivity contribution in [2.24, 2.45) is 5.92 Å². The van der Waals surface area contributed by atoms with Gasteiger partial charge in [0.1, 0.15) is 0 Å². The Balaban J connectivity index is 1.40. The van der Waals surface area contributed by atoms with Crippen molar-refractivity contribution < 1.29 is 9.59 Å². The van der Waals surface area contributed by atoms with Gasteiger partial charge < -0.3 is 15.5 Å². The monoisotopic (exact) mass is 400 g/mol. The van der Waals surface area contributed by atoms with Gasteiger partial charge in [0.05, 0.1) is 5.56 Å². The molecule has 2 aromatic carbocycles. The van der Waals surface area contributed by atoms with Crippen molar-refractivity contribution in [3.63, 3.8) is 0 Å². The van der Waals surface area contributed by atoms with Crippen LogP contribution in [-0.2, 0) is 0 Å². The van der Waals surface area contributed by atoms with E-state index in [1.165, 1.54) is 18.3 Å². The second kappa shape index (κ2) is 8.78. The number of aromatic nitrogens is 1. The standard InChI is InChI=1S/C24H24N4O2/c1-17-11-13-28(16-17)22-9-7-20(8-10-22)26-23(29)18-4-2-6-21(14-18)27-24(30)19-5-3-12-25-15-19/h2-10,12,14-15,17H,11,13,16H2,1H3,(H,26,29)(H,27,30). The number of benzene rings is 2. The summed E-state index contributed by atoms with van der Waals surface area (Å²) < 4.78 is 0. The molecule has 1 unspecified atom stereocenters. The number of amides is 2. The van der Waals surface area contributed by atoms with Gasteiger partial charge in [0.25, 0.3) is 11.8 Å². The van der Waals surface area contributed by atoms with Crippen LogP contribution in [0.2, 0.25) is 0 Å². The summed E-state index contributed by atoms with van der Waals surface area (Å²) in [7, 11) is 0. The number of pyridine rings is 1. The molecule has 0 spiro atoms. The molecule has 4 rings (SSSR count). The zero-order chi connectivity index (χ0) is 20.9. The number of rotatable bonds is 5. The molecule has 3 aromatic rings. The summed E-state index contributed by atoms with van der Waals surface area (Å²) in [6.07, 6.45) is 4.32. The fraction of sp³-hybridized carbons (Fsp3) is 0.208. The second-order valence-corrected chi connectivity index (χ2v) is 7.62. The third-order valence-electron chi connectivity index (χ3n) is 5.22. The Hall–Kier alpha value is -3.67. The van der Waals surface area contributed by atoms with E-state index >= 15 is 0 Å². The van der Waals surface area contributed by atoms with Crippen LogP contribution in [0, 0.1) is 5.92 Å². The second-order valence-electron chi connectivity index (χ2n) is 7.62. The van der Waals surface area contributed by atoms with Crippen molar-refractivity contribution in [2.75, 3.05) is 28.6 Å². The summed E-state index contributed by atoms with van der Waals surface area (Å²) in [5.41, 5.74) is 3.39. The minimum Gasteiger partial charge on any atom is -0.371 e. The van der Waals surface area contributed by atoms with Gasteiger partial charge in [-0.1, -0.05) is 13.0 Å². The molecule has 1 atom stereocenters. The molecule has 2 heterocycles. The highest BCUT2D eigenvalue weighted by atomic mass is 16.2. The molecule has 1 saturated heterocycles. The lowest BCUT2D eigenvalue weighted by molar-refractivity contribution is 0.101. The molecule has 6 heteroatoms. The molecule has 30 heavy (non-hydrogen) atoms. The smallest absolute Gasteiger partial charge is 0.257 e. The molecule has 1 aliphatic rings. The quantitative estimate of drug-likeness (QED) is 0.664. The Labute approximate surface area is 175 Å². The summed E-state index contributed by atoms with van der Waals surface area (Å²) in [5.74, 6) is 0.220. The van der Waals surface area contributed by atoms with Crippen LogP contribution in [0.3, 0.4) is 0 Å². The summed E-state index contributed by atoms with van der Waals surface area (Å²) in [5, 5.41) is 5.71. The molecule has 6 nitrogen and oxygen atoms in total. The Kier molecular flexibility index (Phi) is 5.75. The van der Waals surface area contributed by atoms with Gasteiger partial charge in [-0.2, -0.15) is 0 Å². The molecular formula is C24H24N4O2. The van der Waals surface area contributed by atoms with Gasteiger partial charge in [0, 0.05) is 48.1 Å². The highest BCUT2D eigenvalue weighted by Crippen LogP contribution is 2.25. The molecule has 0 bridgehead atoms. The number of nitrogens with zero attached hydrogens (tertiary/aromatic N) is 2. The van der Waals surface area contributed by atoms with Gasteiger partial charge in [0.15, 0.2) is 0 Å². The maximum atomic E-state index is 12.7. The maximum Gasteiger partial charge on any atom is 0.257 e. The van der Waals surface area contributed by atoms with Gasteiger partial charge in [-0.15, -0.1) is 0 Å². The number of hydrogen-bond donors (Lipinski definition) is 2. The van der Waals surface area contributed by atoms with E-state index in [-0.39, 0.29) is 11.8 Å². The normalized spacial score (nSPS) is 15.6. The van der Waals surface area contributed by atoms with Gasteiger partial charge >= 0.3 is 0 Å². The van der Waals surface area contributed by atoms with E-state index in [0.717, 1.165) is 24.7 Å². The summed E-state index contributed by atoms with van der Waals surface area (Å²) in [6, 6.07) is 18.2. The minimum absolute atomic E-state index is 0.227. The Morgan fingerprint density at radius 3 is 2.37 bits per heavy atom. The van der Waals surface area contributed by atoms with Crippen molar-refractivity contribution in [3.8, 4) is 0 Å². The van der Waals surface area contributed by atoms with Crippen LogP contribution < -0.4 is 15.5 Å². The first kappa shape index (κ1) is 19.6. The van der Waals surface area contributed by atoms with E-state index in [9.17, 15) is 9.59 Å². The predicted molar refractivity (Wildman–Crippen MR) is 119 cm³/mol. The van der Waals surface area contributed by atoms with E-state index in [2.05, 4.69) is 27.4 Å². The fourth-order valence-electron chi connectivity index (χ4n) is 3.57. The lowest BCUT2D eigenvalue weighted by Gasteiger charge is -2.18. The van der Waals surface area contributed by atoms with Crippen molar-refractivity contribution in [1.29, 1.82) is 0 Å². The summed E-state index contributed by atoms with van der Waals surface area (Å²) in [6.45, 7) is 4.41. The number of hydrogen-bond acceptors (Lipinski definition) is 4. The Bertz CT molecular complexity index is 1030. The largest absolute Gasteiger partial charge is 0.371 e. The van der Waals surface area contributed by atoms with Crippen molar-refractivity contribution in [1.82, 2.24) is 4.98 Å². The van der Waals surface area contributed by atoms with Crippen LogP contribution in [0.1, 0.15) is 34.1 Å². The molecule has 0 radical (unpaired) electrons. The van der Waals surface area contributed by atoms with Crippen LogP contribution in [0.25, 0.3) is 0 Å². The van der Waals surface area contributed by atoms with Gasteiger partial charge in [-0.05, 0) is 66.9 Å². The van der Waals surface area contributed by atoms with Crippen LogP contribution in [0.5, 0.6) is 0 Å². The van der Waals surface area contributed by atoms with E-state index in [1.807, 2.05) is 24.3 Å². The molecule has 2 N–H and O–H groups in total. The third-order valence-corrected chi connectivity index (χ3v) is 5.22. The van der Waals surface area contributed by atoms with Crippen molar-refractivity contribution in [2.45, 2.75) is 13.3 Å². The molecule has 152 valence electrons. The van der Waals surface area contributed by atoms with Crippen molar-refractivity contribution in [3.05, 3.63) is 84.2 Å². The summed E-state index contributed by atoms with van der Waals surface area (Å²) in [4.78, 5) is 31.3. The molecule has 2 amide bonds. The molecule has 1 fully saturated rings. The lowest BCUT2D eigenvalue weighted by Crippen LogP contribution is -2.19. The van der Waals surface area contributed by atoms with Gasteiger partial charge in [-0.25, -0.2) is 0 Å². The van der Waals surface area contributed by atoms with E-state index < -0.39 is 0 Å². The van der Waals surface area contributed by atoms with Crippen LogP contribution >= 0.6 is 0 Å². The average Bonchev–Trinajstić information content (AvgIpc) is 3.21. The fourth-order valence-corrected chi connectivity index (χ4v) is 3.57. The van der Waals surface area contributed by atoms with E-state index in [0.29, 0.717) is 16.8 Å². The SMILES string of the molecule is CC1CCN(c2ccc(NC(=O)c3cccc(NC(=O)c4cccnc4)c3)cc2)C1. The van der Waals surface area contributed by atoms with Crippen molar-refractivity contribution >= 4 is 28.9 Å². The number of carbonyl (C=O) groups is 2. The molecule has 0 aliphatic carbocycles. The Morgan fingerprint density at radius 1 is 0.933 bits per heavy atom. The van der Waals surface area contributed by atoms with E-state index in [4.69, 9.17) is 0 Å². The van der Waals surface area contributed by atoms with Crippen LogP contribution in [0.15, 0.2) is 73.1 Å². The number of anilines is 3.